The van der Waals surface area contributed by atoms with Crippen molar-refractivity contribution in [3.05, 3.63) is 40.8 Å². The number of benzene rings is 1. The first-order valence-electron chi connectivity index (χ1n) is 5.78. The van der Waals surface area contributed by atoms with Gasteiger partial charge in [0, 0.05) is 11.1 Å². The molecular weight excluding hydrogens is 234 g/mol. The van der Waals surface area contributed by atoms with Crippen molar-refractivity contribution in [1.82, 2.24) is 0 Å². The first kappa shape index (κ1) is 12.2. The highest BCUT2D eigenvalue weighted by molar-refractivity contribution is 7.94. The summed E-state index contributed by atoms with van der Waals surface area (Å²) in [5.74, 6) is 0.157. The van der Waals surface area contributed by atoms with Gasteiger partial charge in [0.05, 0.1) is 11.8 Å². The Morgan fingerprint density at radius 2 is 2.18 bits per heavy atom. The van der Waals surface area contributed by atoms with Gasteiger partial charge in [-0.25, -0.2) is 8.42 Å². The van der Waals surface area contributed by atoms with Crippen molar-refractivity contribution >= 4 is 15.5 Å². The molecule has 0 saturated heterocycles. The summed E-state index contributed by atoms with van der Waals surface area (Å²) in [5, 5.41) is 4.62. The van der Waals surface area contributed by atoms with Crippen LogP contribution in [0.25, 0.3) is 0 Å². The van der Waals surface area contributed by atoms with E-state index in [4.69, 9.17) is 0 Å². The van der Waals surface area contributed by atoms with Crippen molar-refractivity contribution in [2.45, 2.75) is 26.3 Å². The highest BCUT2D eigenvalue weighted by Crippen LogP contribution is 2.23. The summed E-state index contributed by atoms with van der Waals surface area (Å²) >= 11 is 0. The number of nitrogens with one attached hydrogen (secondary N) is 1. The van der Waals surface area contributed by atoms with Crippen LogP contribution in [0.5, 0.6) is 0 Å². The summed E-state index contributed by atoms with van der Waals surface area (Å²) in [5.41, 5.74) is 3.45. The molecule has 1 aliphatic heterocycles. The number of rotatable bonds is 3. The highest BCUT2D eigenvalue weighted by Gasteiger charge is 2.22. The molecule has 1 aromatic carbocycles. The lowest BCUT2D eigenvalue weighted by Gasteiger charge is -2.17. The lowest BCUT2D eigenvalue weighted by atomic mass is 10.1. The van der Waals surface area contributed by atoms with Gasteiger partial charge in [0.1, 0.15) is 0 Å². The summed E-state index contributed by atoms with van der Waals surface area (Å²) < 4.78 is 22.7. The lowest BCUT2D eigenvalue weighted by molar-refractivity contribution is 0.605. The van der Waals surface area contributed by atoms with Crippen molar-refractivity contribution < 1.29 is 8.42 Å². The second-order valence-electron chi connectivity index (χ2n) is 4.37. The summed E-state index contributed by atoms with van der Waals surface area (Å²) in [4.78, 5) is 0. The van der Waals surface area contributed by atoms with Crippen LogP contribution >= 0.6 is 0 Å². The Hall–Kier alpha value is -1.29. The number of hydrogen-bond acceptors (Lipinski definition) is 3. The van der Waals surface area contributed by atoms with Gasteiger partial charge in [0.25, 0.3) is 0 Å². The summed E-state index contributed by atoms with van der Waals surface area (Å²) in [6.07, 6.45) is 2.66. The van der Waals surface area contributed by atoms with Crippen molar-refractivity contribution in [2.75, 3.05) is 11.1 Å². The fourth-order valence-electron chi connectivity index (χ4n) is 2.08. The average molecular weight is 251 g/mol. The maximum Gasteiger partial charge on any atom is 0.173 e. The van der Waals surface area contributed by atoms with Crippen LogP contribution < -0.4 is 5.32 Å². The third-order valence-electron chi connectivity index (χ3n) is 3.00. The molecule has 0 fully saturated rings. The van der Waals surface area contributed by atoms with E-state index in [1.807, 2.05) is 19.1 Å². The molecule has 1 aliphatic rings. The molecule has 0 radical (unpaired) electrons. The Bertz CT molecular complexity index is 547. The van der Waals surface area contributed by atoms with Gasteiger partial charge >= 0.3 is 0 Å². The van der Waals surface area contributed by atoms with Gasteiger partial charge in [-0.1, -0.05) is 31.2 Å². The SMILES string of the molecule is CCc1cccc(C)c1N[C@@H]1C=CS(=O)(=O)C1. The number of para-hydroxylation sites is 1. The van der Waals surface area contributed by atoms with Gasteiger partial charge in [0.15, 0.2) is 9.84 Å². The Balaban J connectivity index is 2.23. The van der Waals surface area contributed by atoms with Crippen LogP contribution in [0, 0.1) is 6.92 Å². The van der Waals surface area contributed by atoms with Crippen molar-refractivity contribution in [2.24, 2.45) is 0 Å². The summed E-state index contributed by atoms with van der Waals surface area (Å²) in [7, 11) is -2.99. The quantitative estimate of drug-likeness (QED) is 0.896. The van der Waals surface area contributed by atoms with Gasteiger partial charge in [-0.3, -0.25) is 0 Å². The van der Waals surface area contributed by atoms with Gasteiger partial charge in [0.2, 0.25) is 0 Å². The monoisotopic (exact) mass is 251 g/mol. The normalized spacial score (nSPS) is 21.6. The Kier molecular flexibility index (Phi) is 3.24. The van der Waals surface area contributed by atoms with E-state index in [0.29, 0.717) is 0 Å². The van der Waals surface area contributed by atoms with Gasteiger partial charge in [-0.15, -0.1) is 0 Å². The molecule has 4 heteroatoms. The Labute approximate surface area is 102 Å². The van der Waals surface area contributed by atoms with Crippen LogP contribution in [-0.4, -0.2) is 20.2 Å². The zero-order valence-electron chi connectivity index (χ0n) is 10.1. The molecule has 17 heavy (non-hydrogen) atoms. The molecule has 0 aromatic heterocycles. The van der Waals surface area contributed by atoms with E-state index in [-0.39, 0.29) is 11.8 Å². The van der Waals surface area contributed by atoms with Crippen LogP contribution in [0.1, 0.15) is 18.1 Å². The number of hydrogen-bond donors (Lipinski definition) is 1. The number of sulfone groups is 1. The fraction of sp³-hybridized carbons (Fsp3) is 0.385. The number of aryl methyl sites for hydroxylation is 2. The van der Waals surface area contributed by atoms with E-state index < -0.39 is 9.84 Å². The maximum absolute atomic E-state index is 11.3. The third-order valence-corrected chi connectivity index (χ3v) is 4.40. The smallest absolute Gasteiger partial charge is 0.173 e. The summed E-state index contributed by atoms with van der Waals surface area (Å²) in [6, 6.07) is 6.03. The van der Waals surface area contributed by atoms with Crippen LogP contribution in [0.2, 0.25) is 0 Å². The molecule has 0 bridgehead atoms. The lowest BCUT2D eigenvalue weighted by Crippen LogP contribution is -2.22. The van der Waals surface area contributed by atoms with E-state index in [1.165, 1.54) is 11.0 Å². The van der Waals surface area contributed by atoms with E-state index in [9.17, 15) is 8.42 Å². The molecule has 0 spiro atoms. The highest BCUT2D eigenvalue weighted by atomic mass is 32.2. The first-order chi connectivity index (χ1) is 8.02. The van der Waals surface area contributed by atoms with E-state index in [2.05, 4.69) is 18.3 Å². The van der Waals surface area contributed by atoms with E-state index >= 15 is 0 Å². The molecular formula is C13H17NO2S. The molecule has 1 atom stereocenters. The first-order valence-corrected chi connectivity index (χ1v) is 7.49. The molecule has 2 rings (SSSR count). The third kappa shape index (κ3) is 2.69. The second kappa shape index (κ2) is 4.53. The second-order valence-corrected chi connectivity index (χ2v) is 6.30. The van der Waals surface area contributed by atoms with Crippen molar-refractivity contribution in [1.29, 1.82) is 0 Å². The fourth-order valence-corrected chi connectivity index (χ4v) is 3.32. The van der Waals surface area contributed by atoms with Crippen LogP contribution in [0.3, 0.4) is 0 Å². The predicted molar refractivity (Wildman–Crippen MR) is 70.9 cm³/mol. The molecule has 1 aromatic rings. The molecule has 0 amide bonds. The maximum atomic E-state index is 11.3. The average Bonchev–Trinajstić information content (AvgIpc) is 2.61. The largest absolute Gasteiger partial charge is 0.377 e. The standard InChI is InChI=1S/C13H17NO2S/c1-3-11-6-4-5-10(2)13(11)14-12-7-8-17(15,16)9-12/h4-8,12,14H,3,9H2,1-2H3/t12-/m1/s1. The van der Waals surface area contributed by atoms with Gasteiger partial charge in [-0.2, -0.15) is 0 Å². The van der Waals surface area contributed by atoms with E-state index in [1.54, 1.807) is 6.08 Å². The molecule has 0 aliphatic carbocycles. The van der Waals surface area contributed by atoms with Gasteiger partial charge in [-0.05, 0) is 24.5 Å². The molecule has 1 N–H and O–H groups in total. The van der Waals surface area contributed by atoms with Crippen LogP contribution in [-0.2, 0) is 16.3 Å². The van der Waals surface area contributed by atoms with Gasteiger partial charge < -0.3 is 5.32 Å². The Morgan fingerprint density at radius 1 is 1.41 bits per heavy atom. The molecule has 0 saturated carbocycles. The minimum atomic E-state index is -2.99. The Morgan fingerprint density at radius 3 is 2.76 bits per heavy atom. The van der Waals surface area contributed by atoms with Crippen molar-refractivity contribution in [3.63, 3.8) is 0 Å². The zero-order valence-corrected chi connectivity index (χ0v) is 10.9. The minimum absolute atomic E-state index is 0.105. The topological polar surface area (TPSA) is 46.2 Å². The van der Waals surface area contributed by atoms with Crippen molar-refractivity contribution in [3.8, 4) is 0 Å². The number of anilines is 1. The minimum Gasteiger partial charge on any atom is -0.377 e. The molecule has 92 valence electrons. The zero-order chi connectivity index (χ0) is 12.5. The molecule has 0 unspecified atom stereocenters. The van der Waals surface area contributed by atoms with Crippen LogP contribution in [0.4, 0.5) is 5.69 Å². The molecule has 1 heterocycles. The van der Waals surface area contributed by atoms with Crippen LogP contribution in [0.15, 0.2) is 29.7 Å². The molecule has 3 nitrogen and oxygen atoms in total. The van der Waals surface area contributed by atoms with E-state index in [0.717, 1.165) is 17.7 Å². The predicted octanol–water partition coefficient (Wildman–Crippen LogP) is 2.28. The summed E-state index contributed by atoms with van der Waals surface area (Å²) in [6.45, 7) is 4.13.